The summed E-state index contributed by atoms with van der Waals surface area (Å²) in [6.07, 6.45) is -0.802. The molecule has 1 aliphatic rings. The average molecular weight is 464 g/mol. The zero-order chi connectivity index (χ0) is 24.7. The lowest BCUT2D eigenvalue weighted by Crippen LogP contribution is -2.46. The van der Waals surface area contributed by atoms with Gasteiger partial charge < -0.3 is 14.2 Å². The van der Waals surface area contributed by atoms with Crippen LogP contribution in [0, 0.1) is 5.82 Å². The first-order valence-corrected chi connectivity index (χ1v) is 10.8. The number of carbonyl (C=O) groups excluding carboxylic acids is 2. The number of amides is 2. The third kappa shape index (κ3) is 3.57. The van der Waals surface area contributed by atoms with Gasteiger partial charge in [-0.1, -0.05) is 48.5 Å². The maximum atomic E-state index is 15.2. The molecule has 1 atom stereocenters. The van der Waals surface area contributed by atoms with E-state index in [9.17, 15) is 9.59 Å². The fraction of sp³-hybridized carbons (Fsp3) is 0.259. The molecule has 1 heterocycles. The number of imide groups is 1. The fourth-order valence-corrected chi connectivity index (χ4v) is 4.41. The van der Waals surface area contributed by atoms with Crippen LogP contribution in [0.2, 0.25) is 0 Å². The van der Waals surface area contributed by atoms with Crippen molar-refractivity contribution in [2.75, 3.05) is 19.1 Å². The van der Waals surface area contributed by atoms with Gasteiger partial charge in [-0.15, -0.1) is 0 Å². The standard InChI is InChI=1S/C27H26FNO5/c1-26(2,3)34-25(31)29-21-14-10-9-13-19(21)27(24(29)30,17-11-7-6-8-12-17)18-15-20(28)23(33-5)22(16-18)32-4/h6-16H,1-5H3. The molecule has 0 fully saturated rings. The van der Waals surface area contributed by atoms with Crippen LogP contribution in [0.5, 0.6) is 11.5 Å². The Morgan fingerprint density at radius 2 is 1.56 bits per heavy atom. The predicted molar refractivity (Wildman–Crippen MR) is 126 cm³/mol. The highest BCUT2D eigenvalue weighted by Crippen LogP contribution is 2.52. The summed E-state index contributed by atoms with van der Waals surface area (Å²) in [6, 6.07) is 18.7. The number of fused-ring (bicyclic) bond motifs is 1. The number of halogens is 1. The molecule has 0 radical (unpaired) electrons. The molecule has 6 nitrogen and oxygen atoms in total. The molecule has 3 aromatic carbocycles. The van der Waals surface area contributed by atoms with Crippen molar-refractivity contribution in [2.24, 2.45) is 0 Å². The van der Waals surface area contributed by atoms with Crippen molar-refractivity contribution in [3.63, 3.8) is 0 Å². The van der Waals surface area contributed by atoms with Crippen molar-refractivity contribution in [2.45, 2.75) is 31.8 Å². The molecule has 0 aliphatic carbocycles. The van der Waals surface area contributed by atoms with E-state index < -0.39 is 28.8 Å². The Morgan fingerprint density at radius 1 is 0.912 bits per heavy atom. The van der Waals surface area contributed by atoms with Gasteiger partial charge in [-0.05, 0) is 50.1 Å². The molecule has 0 aromatic heterocycles. The fourth-order valence-electron chi connectivity index (χ4n) is 4.41. The molecule has 34 heavy (non-hydrogen) atoms. The van der Waals surface area contributed by atoms with Gasteiger partial charge in [0.1, 0.15) is 11.0 Å². The van der Waals surface area contributed by atoms with E-state index in [1.807, 2.05) is 6.07 Å². The van der Waals surface area contributed by atoms with Gasteiger partial charge in [0.05, 0.1) is 19.9 Å². The highest BCUT2D eigenvalue weighted by molar-refractivity contribution is 6.24. The number of nitrogens with zero attached hydrogens (tertiary/aromatic N) is 1. The topological polar surface area (TPSA) is 65.1 Å². The second kappa shape index (κ2) is 8.48. The van der Waals surface area contributed by atoms with E-state index in [1.54, 1.807) is 75.4 Å². The van der Waals surface area contributed by atoms with E-state index in [4.69, 9.17) is 14.2 Å². The van der Waals surface area contributed by atoms with E-state index in [0.29, 0.717) is 22.4 Å². The highest BCUT2D eigenvalue weighted by Gasteiger charge is 2.56. The van der Waals surface area contributed by atoms with Crippen LogP contribution in [0.1, 0.15) is 37.5 Å². The summed E-state index contributed by atoms with van der Waals surface area (Å²) >= 11 is 0. The first-order valence-electron chi connectivity index (χ1n) is 10.8. The van der Waals surface area contributed by atoms with Gasteiger partial charge in [-0.25, -0.2) is 14.1 Å². The quantitative estimate of drug-likeness (QED) is 0.514. The Morgan fingerprint density at radius 3 is 2.18 bits per heavy atom. The van der Waals surface area contributed by atoms with Crippen LogP contribution in [0.15, 0.2) is 66.7 Å². The number of para-hydroxylation sites is 1. The summed E-state index contributed by atoms with van der Waals surface area (Å²) in [5.74, 6) is -1.19. The lowest BCUT2D eigenvalue weighted by atomic mass is 9.70. The number of rotatable bonds is 4. The van der Waals surface area contributed by atoms with Crippen LogP contribution in [-0.2, 0) is 14.9 Å². The van der Waals surface area contributed by atoms with Crippen LogP contribution < -0.4 is 14.4 Å². The monoisotopic (exact) mass is 463 g/mol. The second-order valence-corrected chi connectivity index (χ2v) is 8.95. The van der Waals surface area contributed by atoms with E-state index in [2.05, 4.69) is 0 Å². The van der Waals surface area contributed by atoms with Gasteiger partial charge in [-0.2, -0.15) is 0 Å². The normalized spacial score (nSPS) is 17.4. The molecule has 176 valence electrons. The molecule has 1 aliphatic heterocycles. The minimum absolute atomic E-state index is 0.0720. The second-order valence-electron chi connectivity index (χ2n) is 8.95. The Kier molecular flexibility index (Phi) is 5.81. The molecule has 0 N–H and O–H groups in total. The van der Waals surface area contributed by atoms with Crippen molar-refractivity contribution in [1.29, 1.82) is 0 Å². The molecule has 2 amide bonds. The van der Waals surface area contributed by atoms with Crippen molar-refractivity contribution in [3.8, 4) is 11.5 Å². The van der Waals surface area contributed by atoms with Gasteiger partial charge in [-0.3, -0.25) is 4.79 Å². The first kappa shape index (κ1) is 23.3. The maximum Gasteiger partial charge on any atom is 0.421 e. The summed E-state index contributed by atoms with van der Waals surface area (Å²) in [6.45, 7) is 5.18. The SMILES string of the molecule is COc1cc(C2(c3ccccc3)C(=O)N(C(=O)OC(C)(C)C)c3ccccc32)cc(F)c1OC. The van der Waals surface area contributed by atoms with Crippen molar-refractivity contribution < 1.29 is 28.2 Å². The molecule has 0 spiro atoms. The van der Waals surface area contributed by atoms with Gasteiger partial charge in [0.2, 0.25) is 0 Å². The lowest BCUT2D eigenvalue weighted by molar-refractivity contribution is -0.120. The molecule has 7 heteroatoms. The van der Waals surface area contributed by atoms with Gasteiger partial charge in [0.15, 0.2) is 17.3 Å². The van der Waals surface area contributed by atoms with Crippen LogP contribution >= 0.6 is 0 Å². The Labute approximate surface area is 197 Å². The summed E-state index contributed by atoms with van der Waals surface area (Å²) in [5.41, 5.74) is -0.554. The zero-order valence-electron chi connectivity index (χ0n) is 19.7. The maximum absolute atomic E-state index is 15.2. The molecule has 0 saturated carbocycles. The summed E-state index contributed by atoms with van der Waals surface area (Å²) < 4.78 is 31.3. The summed E-state index contributed by atoms with van der Waals surface area (Å²) in [5, 5.41) is 0. The Balaban J connectivity index is 2.06. The minimum atomic E-state index is -1.52. The third-order valence-electron chi connectivity index (χ3n) is 5.72. The number of hydrogen-bond acceptors (Lipinski definition) is 5. The number of benzene rings is 3. The minimum Gasteiger partial charge on any atom is -0.493 e. The third-order valence-corrected chi connectivity index (χ3v) is 5.72. The molecular weight excluding hydrogens is 437 g/mol. The average Bonchev–Trinajstić information content (AvgIpc) is 3.06. The number of carbonyl (C=O) groups is 2. The van der Waals surface area contributed by atoms with Crippen molar-refractivity contribution >= 4 is 17.7 Å². The van der Waals surface area contributed by atoms with Crippen LogP contribution in [0.25, 0.3) is 0 Å². The zero-order valence-corrected chi connectivity index (χ0v) is 19.7. The predicted octanol–water partition coefficient (Wildman–Crippen LogP) is 5.46. The van der Waals surface area contributed by atoms with Crippen LogP contribution in [0.3, 0.4) is 0 Å². The van der Waals surface area contributed by atoms with Gasteiger partial charge in [0.25, 0.3) is 5.91 Å². The molecule has 0 bridgehead atoms. The molecule has 0 saturated heterocycles. The van der Waals surface area contributed by atoms with Gasteiger partial charge in [0, 0.05) is 5.56 Å². The highest BCUT2D eigenvalue weighted by atomic mass is 19.1. The van der Waals surface area contributed by atoms with E-state index in [-0.39, 0.29) is 11.5 Å². The first-order chi connectivity index (χ1) is 16.1. The Bertz CT molecular complexity index is 1250. The number of ether oxygens (including phenoxy) is 3. The van der Waals surface area contributed by atoms with E-state index >= 15 is 4.39 Å². The summed E-state index contributed by atoms with van der Waals surface area (Å²) in [7, 11) is 2.74. The number of hydrogen-bond donors (Lipinski definition) is 0. The van der Waals surface area contributed by atoms with Crippen LogP contribution in [-0.4, -0.2) is 31.8 Å². The largest absolute Gasteiger partial charge is 0.493 e. The molecule has 4 rings (SSSR count). The number of anilines is 1. The summed E-state index contributed by atoms with van der Waals surface area (Å²) in [4.78, 5) is 28.6. The lowest BCUT2D eigenvalue weighted by Gasteiger charge is -2.31. The van der Waals surface area contributed by atoms with Crippen molar-refractivity contribution in [1.82, 2.24) is 0 Å². The Hall–Kier alpha value is -3.87. The molecule has 1 unspecified atom stereocenters. The van der Waals surface area contributed by atoms with Crippen molar-refractivity contribution in [3.05, 3.63) is 89.2 Å². The molecular formula is C27H26FNO5. The van der Waals surface area contributed by atoms with Crippen LogP contribution in [0.4, 0.5) is 14.9 Å². The smallest absolute Gasteiger partial charge is 0.421 e. The van der Waals surface area contributed by atoms with E-state index in [1.165, 1.54) is 20.3 Å². The van der Waals surface area contributed by atoms with Gasteiger partial charge >= 0.3 is 6.09 Å². The number of methoxy groups -OCH3 is 2. The van der Waals surface area contributed by atoms with E-state index in [0.717, 1.165) is 4.90 Å². The molecule has 3 aromatic rings.